The molecule has 5 nitrogen and oxygen atoms in total. The lowest BCUT2D eigenvalue weighted by Crippen LogP contribution is -1.92. The molecule has 78 valence electrons. The molecular weight excluding hydrogens is 204 g/mol. The summed E-state index contributed by atoms with van der Waals surface area (Å²) in [4.78, 5) is 7.89. The Morgan fingerprint density at radius 2 is 1.94 bits per heavy atom. The summed E-state index contributed by atoms with van der Waals surface area (Å²) in [7, 11) is 0. The van der Waals surface area contributed by atoms with E-state index in [9.17, 15) is 0 Å². The van der Waals surface area contributed by atoms with Crippen LogP contribution in [0.25, 0.3) is 22.4 Å². The average Bonchev–Trinajstić information content (AvgIpc) is 2.73. The van der Waals surface area contributed by atoms with E-state index in [1.807, 2.05) is 30.3 Å². The monoisotopic (exact) mass is 212 g/mol. The van der Waals surface area contributed by atoms with E-state index in [2.05, 4.69) is 15.1 Å². The van der Waals surface area contributed by atoms with Gasteiger partial charge in [-0.25, -0.2) is 4.98 Å². The maximum absolute atomic E-state index is 5.46. The molecule has 5 heteroatoms. The van der Waals surface area contributed by atoms with Crippen LogP contribution in [0.15, 0.2) is 41.1 Å². The third-order valence-corrected chi connectivity index (χ3v) is 2.30. The lowest BCUT2D eigenvalue weighted by molar-refractivity contribution is 0.451. The summed E-state index contributed by atoms with van der Waals surface area (Å²) in [6.45, 7) is 0. The summed E-state index contributed by atoms with van der Waals surface area (Å²) >= 11 is 0. The Morgan fingerprint density at radius 3 is 2.75 bits per heavy atom. The number of aromatic nitrogens is 3. The fraction of sp³-hybridized carbons (Fsp3) is 0. The van der Waals surface area contributed by atoms with Crippen molar-refractivity contribution >= 4 is 17.0 Å². The summed E-state index contributed by atoms with van der Waals surface area (Å²) in [5, 5.41) is 4.74. The van der Waals surface area contributed by atoms with Gasteiger partial charge >= 0.3 is 0 Å². The van der Waals surface area contributed by atoms with Crippen molar-refractivity contribution in [3.8, 4) is 11.3 Å². The van der Waals surface area contributed by atoms with Crippen LogP contribution in [0, 0.1) is 0 Å². The minimum Gasteiger partial charge on any atom is -0.368 e. The summed E-state index contributed by atoms with van der Waals surface area (Å²) < 4.78 is 5.10. The normalized spacial score (nSPS) is 10.8. The van der Waals surface area contributed by atoms with Gasteiger partial charge in [-0.05, 0) is 0 Å². The molecule has 2 heterocycles. The predicted octanol–water partition coefficient (Wildman–Crippen LogP) is 1.87. The molecule has 0 atom stereocenters. The number of anilines is 1. The van der Waals surface area contributed by atoms with Crippen LogP contribution in [0.2, 0.25) is 0 Å². The second kappa shape index (κ2) is 3.30. The molecule has 2 N–H and O–H groups in total. The van der Waals surface area contributed by atoms with Gasteiger partial charge in [0.15, 0.2) is 0 Å². The predicted molar refractivity (Wildman–Crippen MR) is 59.4 cm³/mol. The third-order valence-electron chi connectivity index (χ3n) is 2.30. The van der Waals surface area contributed by atoms with Crippen LogP contribution in [0.4, 0.5) is 5.95 Å². The zero-order valence-electron chi connectivity index (χ0n) is 8.29. The first-order chi connectivity index (χ1) is 7.84. The average molecular weight is 212 g/mol. The van der Waals surface area contributed by atoms with Crippen molar-refractivity contribution in [3.05, 3.63) is 36.5 Å². The number of hydrogen-bond acceptors (Lipinski definition) is 5. The molecule has 0 saturated heterocycles. The maximum atomic E-state index is 5.46. The molecule has 0 aliphatic heterocycles. The largest absolute Gasteiger partial charge is 0.368 e. The van der Waals surface area contributed by atoms with Gasteiger partial charge in [0.05, 0.1) is 5.39 Å². The summed E-state index contributed by atoms with van der Waals surface area (Å²) in [5.74, 6) is 0.184. The first-order valence-corrected chi connectivity index (χ1v) is 4.78. The van der Waals surface area contributed by atoms with Crippen LogP contribution in [-0.2, 0) is 0 Å². The van der Waals surface area contributed by atoms with Gasteiger partial charge in [0.25, 0.3) is 5.71 Å². The van der Waals surface area contributed by atoms with E-state index < -0.39 is 0 Å². The van der Waals surface area contributed by atoms with Crippen molar-refractivity contribution < 1.29 is 4.52 Å². The van der Waals surface area contributed by atoms with E-state index in [1.165, 1.54) is 0 Å². The third kappa shape index (κ3) is 1.30. The Hall–Kier alpha value is -2.43. The zero-order valence-corrected chi connectivity index (χ0v) is 8.29. The van der Waals surface area contributed by atoms with Crippen LogP contribution >= 0.6 is 0 Å². The van der Waals surface area contributed by atoms with E-state index in [-0.39, 0.29) is 5.95 Å². The number of hydrogen-bond donors (Lipinski definition) is 1. The molecule has 3 aromatic rings. The highest BCUT2D eigenvalue weighted by molar-refractivity contribution is 5.89. The van der Waals surface area contributed by atoms with Gasteiger partial charge in [-0.1, -0.05) is 35.5 Å². The summed E-state index contributed by atoms with van der Waals surface area (Å²) in [5.41, 5.74) is 7.57. The Morgan fingerprint density at radius 1 is 1.12 bits per heavy atom. The molecule has 0 aliphatic carbocycles. The molecule has 0 fully saturated rings. The highest BCUT2D eigenvalue weighted by atomic mass is 16.5. The van der Waals surface area contributed by atoms with Crippen molar-refractivity contribution in [2.24, 2.45) is 0 Å². The lowest BCUT2D eigenvalue weighted by Gasteiger charge is -1.94. The molecule has 3 rings (SSSR count). The first kappa shape index (κ1) is 8.84. The van der Waals surface area contributed by atoms with Gasteiger partial charge < -0.3 is 10.3 Å². The second-order valence-electron chi connectivity index (χ2n) is 3.34. The van der Waals surface area contributed by atoms with E-state index in [1.54, 1.807) is 6.20 Å². The highest BCUT2D eigenvalue weighted by Crippen LogP contribution is 2.25. The van der Waals surface area contributed by atoms with Crippen molar-refractivity contribution in [2.75, 3.05) is 5.73 Å². The summed E-state index contributed by atoms with van der Waals surface area (Å²) in [6.07, 6.45) is 1.62. The Kier molecular flexibility index (Phi) is 1.83. The maximum Gasteiger partial charge on any atom is 0.263 e. The molecule has 0 amide bonds. The lowest BCUT2D eigenvalue weighted by atomic mass is 10.1. The second-order valence-corrected chi connectivity index (χ2v) is 3.34. The fourth-order valence-corrected chi connectivity index (χ4v) is 1.55. The molecule has 16 heavy (non-hydrogen) atoms. The molecule has 0 bridgehead atoms. The quantitative estimate of drug-likeness (QED) is 0.666. The molecule has 0 radical (unpaired) electrons. The van der Waals surface area contributed by atoms with Gasteiger partial charge in [-0.3, -0.25) is 0 Å². The van der Waals surface area contributed by atoms with Crippen LogP contribution in [0.5, 0.6) is 0 Å². The Labute approximate surface area is 90.9 Å². The van der Waals surface area contributed by atoms with Crippen LogP contribution in [-0.4, -0.2) is 15.1 Å². The highest BCUT2D eigenvalue weighted by Gasteiger charge is 2.11. The van der Waals surface area contributed by atoms with Crippen LogP contribution in [0.3, 0.4) is 0 Å². The number of fused-ring (bicyclic) bond motifs is 1. The van der Waals surface area contributed by atoms with Gasteiger partial charge in [0.2, 0.25) is 5.95 Å². The van der Waals surface area contributed by atoms with E-state index in [4.69, 9.17) is 10.3 Å². The topological polar surface area (TPSA) is 77.8 Å². The first-order valence-electron chi connectivity index (χ1n) is 4.78. The summed E-state index contributed by atoms with van der Waals surface area (Å²) in [6, 6.07) is 9.73. The molecule has 0 aliphatic rings. The number of nitrogens with two attached hydrogens (primary N) is 1. The number of rotatable bonds is 1. The smallest absolute Gasteiger partial charge is 0.263 e. The number of nitrogen functional groups attached to an aromatic ring is 1. The van der Waals surface area contributed by atoms with Crippen molar-refractivity contribution in [2.45, 2.75) is 0 Å². The SMILES string of the molecule is Nc1ncc2c(-c3ccccc3)noc2n1. The van der Waals surface area contributed by atoms with Crippen LogP contribution in [0.1, 0.15) is 0 Å². The molecule has 1 aromatic carbocycles. The van der Waals surface area contributed by atoms with Gasteiger partial charge in [0.1, 0.15) is 5.69 Å². The van der Waals surface area contributed by atoms with E-state index in [0.29, 0.717) is 5.71 Å². The van der Waals surface area contributed by atoms with Crippen molar-refractivity contribution in [1.29, 1.82) is 0 Å². The van der Waals surface area contributed by atoms with Gasteiger partial charge in [0, 0.05) is 11.8 Å². The minimum atomic E-state index is 0.184. The standard InChI is InChI=1S/C11H8N4O/c12-11-13-6-8-9(15-16-10(8)14-11)7-4-2-1-3-5-7/h1-6H,(H2,12,13,14). The van der Waals surface area contributed by atoms with Gasteiger partial charge in [-0.2, -0.15) is 4.98 Å². The molecule has 2 aromatic heterocycles. The fourth-order valence-electron chi connectivity index (χ4n) is 1.55. The Bertz CT molecular complexity index is 633. The molecule has 0 spiro atoms. The van der Waals surface area contributed by atoms with E-state index in [0.717, 1.165) is 16.6 Å². The van der Waals surface area contributed by atoms with E-state index >= 15 is 0 Å². The molecule has 0 saturated carbocycles. The molecule has 0 unspecified atom stereocenters. The number of nitrogens with zero attached hydrogens (tertiary/aromatic N) is 3. The minimum absolute atomic E-state index is 0.184. The van der Waals surface area contributed by atoms with Crippen LogP contribution < -0.4 is 5.73 Å². The number of benzene rings is 1. The molecular formula is C11H8N4O. The van der Waals surface area contributed by atoms with Crippen molar-refractivity contribution in [1.82, 2.24) is 15.1 Å². The van der Waals surface area contributed by atoms with Gasteiger partial charge in [-0.15, -0.1) is 0 Å². The van der Waals surface area contributed by atoms with Crippen molar-refractivity contribution in [3.63, 3.8) is 0 Å². The Balaban J connectivity index is 2.26. The zero-order chi connectivity index (χ0) is 11.0.